The molecule has 0 radical (unpaired) electrons. The number of esters is 2. The molecule has 0 bridgehead atoms. The average molecular weight is 431 g/mol. The number of ether oxygens (including phenoxy) is 5. The number of carbonyl (C=O) groups excluding carboxylic acids is 2. The van der Waals surface area contributed by atoms with E-state index < -0.39 is 11.9 Å². The molecule has 164 valence electrons. The molecule has 0 amide bonds. The lowest BCUT2D eigenvalue weighted by Crippen LogP contribution is -2.07. The molecule has 0 unspecified atom stereocenters. The average Bonchev–Trinajstić information content (AvgIpc) is 3.46. The molecule has 11 heteroatoms. The van der Waals surface area contributed by atoms with Crippen molar-refractivity contribution in [3.05, 3.63) is 41.5 Å². The molecule has 0 aliphatic rings. The number of hydrogen-bond donors (Lipinski definition) is 1. The zero-order chi connectivity index (χ0) is 22.4. The molecule has 1 aromatic carbocycles. The van der Waals surface area contributed by atoms with Crippen LogP contribution in [0.15, 0.2) is 28.7 Å². The fraction of sp³-hybridized carbons (Fsp3) is 0.300. The Bertz CT molecular complexity index is 1050. The van der Waals surface area contributed by atoms with Crippen molar-refractivity contribution in [2.45, 2.75) is 13.5 Å². The molecule has 0 spiro atoms. The highest BCUT2D eigenvalue weighted by atomic mass is 16.6. The molecule has 0 aliphatic carbocycles. The van der Waals surface area contributed by atoms with E-state index in [1.165, 1.54) is 27.4 Å². The van der Waals surface area contributed by atoms with E-state index in [0.29, 0.717) is 28.6 Å². The van der Waals surface area contributed by atoms with Crippen LogP contribution in [-0.2, 0) is 16.1 Å². The summed E-state index contributed by atoms with van der Waals surface area (Å²) in [6, 6.07) is 6.34. The first kappa shape index (κ1) is 21.7. The zero-order valence-corrected chi connectivity index (χ0v) is 17.4. The fourth-order valence-electron chi connectivity index (χ4n) is 2.74. The van der Waals surface area contributed by atoms with Gasteiger partial charge in [0, 0.05) is 5.56 Å². The molecular formula is C20H21N3O8. The smallest absolute Gasteiger partial charge is 0.373 e. The minimum atomic E-state index is -0.608. The van der Waals surface area contributed by atoms with Crippen LogP contribution in [-0.4, -0.2) is 55.3 Å². The summed E-state index contributed by atoms with van der Waals surface area (Å²) in [5, 5.41) is 10.3. The number of H-pyrrole nitrogens is 1. The van der Waals surface area contributed by atoms with Crippen molar-refractivity contribution in [2.24, 2.45) is 0 Å². The van der Waals surface area contributed by atoms with Crippen molar-refractivity contribution in [2.75, 3.05) is 27.9 Å². The number of furan rings is 1. The van der Waals surface area contributed by atoms with Gasteiger partial charge in [0.05, 0.1) is 27.9 Å². The molecule has 0 aliphatic heterocycles. The quantitative estimate of drug-likeness (QED) is 0.504. The van der Waals surface area contributed by atoms with Gasteiger partial charge in [0.15, 0.2) is 17.2 Å². The minimum absolute atomic E-state index is 0.00109. The van der Waals surface area contributed by atoms with Gasteiger partial charge in [-0.2, -0.15) is 10.3 Å². The van der Waals surface area contributed by atoms with Gasteiger partial charge in [0.25, 0.3) is 0 Å². The lowest BCUT2D eigenvalue weighted by molar-refractivity contribution is 0.0518. The van der Waals surface area contributed by atoms with Crippen molar-refractivity contribution in [3.8, 4) is 28.5 Å². The lowest BCUT2D eigenvalue weighted by Gasteiger charge is -2.15. The molecule has 0 saturated heterocycles. The number of methoxy groups -OCH3 is 3. The zero-order valence-electron chi connectivity index (χ0n) is 17.4. The Kier molecular flexibility index (Phi) is 6.75. The second-order valence-electron chi connectivity index (χ2n) is 6.00. The van der Waals surface area contributed by atoms with E-state index in [-0.39, 0.29) is 30.4 Å². The SMILES string of the molecule is CCOC(=O)c1n[nH]nc1-c1cc(OC)c(OCc2ccc(C(=O)OC)o2)c(OC)c1. The standard InChI is InChI=1S/C20H21N3O8/c1-5-29-20(25)17-16(21-23-22-17)11-8-14(26-2)18(15(9-11)27-3)30-10-12-6-7-13(31-12)19(24)28-4/h6-9H,5,10H2,1-4H3,(H,21,22,23). The molecule has 2 aromatic heterocycles. The molecule has 11 nitrogen and oxygen atoms in total. The minimum Gasteiger partial charge on any atom is -0.493 e. The fourth-order valence-corrected chi connectivity index (χ4v) is 2.74. The Hall–Kier alpha value is -4.02. The monoisotopic (exact) mass is 431 g/mol. The third kappa shape index (κ3) is 4.60. The molecule has 0 saturated carbocycles. The normalized spacial score (nSPS) is 10.5. The molecule has 0 fully saturated rings. The van der Waals surface area contributed by atoms with Crippen LogP contribution in [0.4, 0.5) is 0 Å². The number of hydrogen-bond acceptors (Lipinski definition) is 10. The summed E-state index contributed by atoms with van der Waals surface area (Å²) >= 11 is 0. The first-order valence-electron chi connectivity index (χ1n) is 9.16. The van der Waals surface area contributed by atoms with E-state index in [1.54, 1.807) is 25.1 Å². The first-order chi connectivity index (χ1) is 15.0. The van der Waals surface area contributed by atoms with Crippen molar-refractivity contribution in [1.82, 2.24) is 15.4 Å². The van der Waals surface area contributed by atoms with E-state index in [4.69, 9.17) is 23.4 Å². The second kappa shape index (κ2) is 9.65. The Morgan fingerprint density at radius 3 is 2.35 bits per heavy atom. The number of benzene rings is 1. The Morgan fingerprint density at radius 2 is 1.74 bits per heavy atom. The highest BCUT2D eigenvalue weighted by Crippen LogP contribution is 2.42. The summed E-state index contributed by atoms with van der Waals surface area (Å²) in [6.07, 6.45) is 0. The number of rotatable bonds is 9. The van der Waals surface area contributed by atoms with E-state index in [9.17, 15) is 9.59 Å². The van der Waals surface area contributed by atoms with Crippen LogP contribution in [0.25, 0.3) is 11.3 Å². The molecule has 31 heavy (non-hydrogen) atoms. The maximum atomic E-state index is 12.1. The Balaban J connectivity index is 1.90. The Labute approximate surface area is 177 Å². The highest BCUT2D eigenvalue weighted by Gasteiger charge is 2.23. The van der Waals surface area contributed by atoms with Gasteiger partial charge in [0.1, 0.15) is 18.1 Å². The van der Waals surface area contributed by atoms with E-state index >= 15 is 0 Å². The first-order valence-corrected chi connectivity index (χ1v) is 9.16. The topological polar surface area (TPSA) is 135 Å². The van der Waals surface area contributed by atoms with Gasteiger partial charge in [0.2, 0.25) is 11.5 Å². The molecule has 3 aromatic rings. The number of aromatic amines is 1. The largest absolute Gasteiger partial charge is 0.493 e. The van der Waals surface area contributed by atoms with Crippen molar-refractivity contribution in [1.29, 1.82) is 0 Å². The summed E-state index contributed by atoms with van der Waals surface area (Å²) in [5.41, 5.74) is 0.810. The molecule has 2 heterocycles. The van der Waals surface area contributed by atoms with Crippen molar-refractivity contribution >= 4 is 11.9 Å². The molecule has 3 rings (SSSR count). The lowest BCUT2D eigenvalue weighted by atomic mass is 10.1. The van der Waals surface area contributed by atoms with Crippen molar-refractivity contribution < 1.29 is 37.7 Å². The highest BCUT2D eigenvalue weighted by molar-refractivity contribution is 5.94. The summed E-state index contributed by atoms with van der Waals surface area (Å²) in [4.78, 5) is 23.7. The number of aromatic nitrogens is 3. The van der Waals surface area contributed by atoms with Gasteiger partial charge in [-0.15, -0.1) is 5.10 Å². The summed E-state index contributed by atoms with van der Waals surface area (Å²) < 4.78 is 31.7. The van der Waals surface area contributed by atoms with Crippen LogP contribution in [0, 0.1) is 0 Å². The number of nitrogens with zero attached hydrogens (tertiary/aromatic N) is 2. The third-order valence-electron chi connectivity index (χ3n) is 4.16. The number of nitrogens with one attached hydrogen (secondary N) is 1. The van der Waals surface area contributed by atoms with E-state index in [0.717, 1.165) is 0 Å². The predicted molar refractivity (Wildman–Crippen MR) is 105 cm³/mol. The van der Waals surface area contributed by atoms with Gasteiger partial charge >= 0.3 is 11.9 Å². The maximum Gasteiger partial charge on any atom is 0.373 e. The van der Waals surface area contributed by atoms with Crippen molar-refractivity contribution in [3.63, 3.8) is 0 Å². The maximum absolute atomic E-state index is 12.1. The number of carbonyl (C=O) groups is 2. The second-order valence-corrected chi connectivity index (χ2v) is 6.00. The molecule has 1 N–H and O–H groups in total. The van der Waals surface area contributed by atoms with E-state index in [1.807, 2.05) is 0 Å². The van der Waals surface area contributed by atoms with Gasteiger partial charge in [-0.3, -0.25) is 0 Å². The van der Waals surface area contributed by atoms with Gasteiger partial charge < -0.3 is 28.1 Å². The van der Waals surface area contributed by atoms with Crippen LogP contribution in [0.5, 0.6) is 17.2 Å². The third-order valence-corrected chi connectivity index (χ3v) is 4.16. The summed E-state index contributed by atoms with van der Waals surface area (Å²) in [6.45, 7) is 1.90. The van der Waals surface area contributed by atoms with Gasteiger partial charge in [-0.25, -0.2) is 9.59 Å². The van der Waals surface area contributed by atoms with E-state index in [2.05, 4.69) is 20.1 Å². The Morgan fingerprint density at radius 1 is 1.03 bits per heavy atom. The molecule has 0 atom stereocenters. The van der Waals surface area contributed by atoms with Crippen LogP contribution in [0.2, 0.25) is 0 Å². The molecular weight excluding hydrogens is 410 g/mol. The van der Waals surface area contributed by atoms with Gasteiger partial charge in [-0.05, 0) is 31.2 Å². The van der Waals surface area contributed by atoms with Crippen LogP contribution in [0.3, 0.4) is 0 Å². The summed E-state index contributed by atoms with van der Waals surface area (Å²) in [5.74, 6) is 0.215. The van der Waals surface area contributed by atoms with Crippen LogP contribution >= 0.6 is 0 Å². The van der Waals surface area contributed by atoms with Crippen LogP contribution in [0.1, 0.15) is 33.7 Å². The van der Waals surface area contributed by atoms with Gasteiger partial charge in [-0.1, -0.05) is 0 Å². The predicted octanol–water partition coefficient (Wildman–Crippen LogP) is 2.62. The van der Waals surface area contributed by atoms with Crippen LogP contribution < -0.4 is 14.2 Å². The summed E-state index contributed by atoms with van der Waals surface area (Å²) in [7, 11) is 4.19.